The van der Waals surface area contributed by atoms with Gasteiger partial charge in [0.25, 0.3) is 0 Å². The summed E-state index contributed by atoms with van der Waals surface area (Å²) < 4.78 is 11.0. The summed E-state index contributed by atoms with van der Waals surface area (Å²) >= 11 is 6.21. The Kier molecular flexibility index (Phi) is 4.57. The highest BCUT2D eigenvalue weighted by Crippen LogP contribution is 2.38. The zero-order chi connectivity index (χ0) is 16.2. The van der Waals surface area contributed by atoms with E-state index in [-0.39, 0.29) is 0 Å². The third-order valence-electron chi connectivity index (χ3n) is 3.41. The van der Waals surface area contributed by atoms with Crippen LogP contribution in [0.15, 0.2) is 41.4 Å². The second kappa shape index (κ2) is 6.79. The fourth-order valence-electron chi connectivity index (χ4n) is 2.26. The molecule has 0 saturated carbocycles. The van der Waals surface area contributed by atoms with Crippen LogP contribution in [0, 0.1) is 6.92 Å². The summed E-state index contributed by atoms with van der Waals surface area (Å²) in [5, 5.41) is 3.58. The number of nitrogens with two attached hydrogens (primary N) is 1. The SMILES string of the molecule is Cc1ccc(NC(N)=NCc2cc(Cl)c3c(c2)OCCO3)cc1. The lowest BCUT2D eigenvalue weighted by atomic mass is 10.2. The standard InChI is InChI=1S/C17H18ClN3O2/c1-11-2-4-13(5-3-11)21-17(19)20-10-12-8-14(18)16-15(9-12)22-6-7-23-16/h2-5,8-9H,6-7,10H2,1H3,(H3,19,20,21). The van der Waals surface area contributed by atoms with E-state index in [9.17, 15) is 0 Å². The lowest BCUT2D eigenvalue weighted by molar-refractivity contribution is 0.171. The van der Waals surface area contributed by atoms with E-state index < -0.39 is 0 Å². The van der Waals surface area contributed by atoms with E-state index in [0.29, 0.717) is 42.2 Å². The molecule has 0 fully saturated rings. The smallest absolute Gasteiger partial charge is 0.193 e. The van der Waals surface area contributed by atoms with Crippen molar-refractivity contribution in [1.29, 1.82) is 0 Å². The van der Waals surface area contributed by atoms with Gasteiger partial charge < -0.3 is 20.5 Å². The molecule has 1 aliphatic heterocycles. The first-order valence-corrected chi connectivity index (χ1v) is 7.71. The van der Waals surface area contributed by atoms with Crippen LogP contribution in [-0.4, -0.2) is 19.2 Å². The van der Waals surface area contributed by atoms with E-state index in [2.05, 4.69) is 10.3 Å². The molecule has 6 heteroatoms. The molecule has 0 saturated heterocycles. The average Bonchev–Trinajstić information content (AvgIpc) is 2.55. The summed E-state index contributed by atoms with van der Waals surface area (Å²) in [6, 6.07) is 11.6. The number of halogens is 1. The molecule has 0 amide bonds. The fraction of sp³-hybridized carbons (Fsp3) is 0.235. The zero-order valence-electron chi connectivity index (χ0n) is 12.8. The normalized spacial score (nSPS) is 13.7. The minimum Gasteiger partial charge on any atom is -0.486 e. The summed E-state index contributed by atoms with van der Waals surface area (Å²) in [5.74, 6) is 1.59. The summed E-state index contributed by atoms with van der Waals surface area (Å²) in [5.41, 5.74) is 8.92. The van der Waals surface area contributed by atoms with Crippen molar-refractivity contribution in [2.45, 2.75) is 13.5 Å². The fourth-order valence-corrected chi connectivity index (χ4v) is 2.54. The van der Waals surface area contributed by atoms with Gasteiger partial charge in [0.05, 0.1) is 11.6 Å². The molecule has 0 spiro atoms. The van der Waals surface area contributed by atoms with Gasteiger partial charge >= 0.3 is 0 Å². The van der Waals surface area contributed by atoms with Gasteiger partial charge in [0.15, 0.2) is 17.5 Å². The number of hydrogen-bond donors (Lipinski definition) is 2. The van der Waals surface area contributed by atoms with Crippen molar-refractivity contribution in [3.63, 3.8) is 0 Å². The molecule has 1 heterocycles. The first-order chi connectivity index (χ1) is 11.1. The highest BCUT2D eigenvalue weighted by Gasteiger charge is 2.16. The number of rotatable bonds is 3. The summed E-state index contributed by atoms with van der Waals surface area (Å²) in [6.07, 6.45) is 0. The molecule has 3 N–H and O–H groups in total. The maximum atomic E-state index is 6.21. The van der Waals surface area contributed by atoms with Gasteiger partial charge in [0, 0.05) is 5.69 Å². The van der Waals surface area contributed by atoms with E-state index >= 15 is 0 Å². The monoisotopic (exact) mass is 331 g/mol. The van der Waals surface area contributed by atoms with E-state index in [1.807, 2.05) is 43.3 Å². The number of hydrogen-bond acceptors (Lipinski definition) is 3. The van der Waals surface area contributed by atoms with Gasteiger partial charge in [0.1, 0.15) is 13.2 Å². The van der Waals surface area contributed by atoms with E-state index in [4.69, 9.17) is 26.8 Å². The van der Waals surface area contributed by atoms with Crippen LogP contribution in [0.5, 0.6) is 11.5 Å². The molecule has 2 aromatic carbocycles. The number of anilines is 1. The number of nitrogens with one attached hydrogen (secondary N) is 1. The van der Waals surface area contributed by atoms with Gasteiger partial charge in [-0.15, -0.1) is 0 Å². The molecular weight excluding hydrogens is 314 g/mol. The molecule has 0 radical (unpaired) electrons. The topological polar surface area (TPSA) is 68.9 Å². The Labute approximate surface area is 140 Å². The third kappa shape index (κ3) is 3.87. The van der Waals surface area contributed by atoms with E-state index in [1.165, 1.54) is 5.56 Å². The molecule has 120 valence electrons. The van der Waals surface area contributed by atoms with Gasteiger partial charge in [-0.05, 0) is 36.8 Å². The van der Waals surface area contributed by atoms with Crippen LogP contribution in [0.25, 0.3) is 0 Å². The van der Waals surface area contributed by atoms with Gasteiger partial charge in [-0.3, -0.25) is 0 Å². The van der Waals surface area contributed by atoms with Crippen molar-refractivity contribution >= 4 is 23.2 Å². The van der Waals surface area contributed by atoms with Gasteiger partial charge in [0.2, 0.25) is 0 Å². The Hall–Kier alpha value is -2.40. The molecule has 0 unspecified atom stereocenters. The van der Waals surface area contributed by atoms with Crippen molar-refractivity contribution in [3.05, 3.63) is 52.5 Å². The largest absolute Gasteiger partial charge is 0.486 e. The highest BCUT2D eigenvalue weighted by molar-refractivity contribution is 6.32. The minimum absolute atomic E-state index is 0.347. The maximum absolute atomic E-state index is 6.21. The minimum atomic E-state index is 0.347. The predicted octanol–water partition coefficient (Wildman–Crippen LogP) is 3.35. The van der Waals surface area contributed by atoms with Crippen molar-refractivity contribution in [2.75, 3.05) is 18.5 Å². The van der Waals surface area contributed by atoms with Crippen molar-refractivity contribution < 1.29 is 9.47 Å². The van der Waals surface area contributed by atoms with Crippen LogP contribution in [0.4, 0.5) is 5.69 Å². The third-order valence-corrected chi connectivity index (χ3v) is 3.69. The van der Waals surface area contributed by atoms with Crippen molar-refractivity contribution in [2.24, 2.45) is 10.7 Å². The molecule has 5 nitrogen and oxygen atoms in total. The van der Waals surface area contributed by atoms with Crippen LogP contribution >= 0.6 is 11.6 Å². The molecular formula is C17H18ClN3O2. The van der Waals surface area contributed by atoms with Crippen LogP contribution in [0.3, 0.4) is 0 Å². The lowest BCUT2D eigenvalue weighted by Crippen LogP contribution is -2.22. The molecule has 2 aromatic rings. The Bertz CT molecular complexity index is 729. The Balaban J connectivity index is 1.69. The van der Waals surface area contributed by atoms with E-state index in [0.717, 1.165) is 11.3 Å². The second-order valence-corrected chi connectivity index (χ2v) is 5.70. The number of aliphatic imine (C=N–C) groups is 1. The van der Waals surface area contributed by atoms with Crippen molar-refractivity contribution in [3.8, 4) is 11.5 Å². The molecule has 1 aliphatic rings. The first kappa shape index (κ1) is 15.5. The predicted molar refractivity (Wildman–Crippen MR) is 92.6 cm³/mol. The van der Waals surface area contributed by atoms with Crippen LogP contribution < -0.4 is 20.5 Å². The number of aryl methyl sites for hydroxylation is 1. The molecule has 0 aromatic heterocycles. The number of nitrogens with zero attached hydrogens (tertiary/aromatic N) is 1. The number of ether oxygens (including phenoxy) is 2. The quantitative estimate of drug-likeness (QED) is 0.668. The number of guanidine groups is 1. The zero-order valence-corrected chi connectivity index (χ0v) is 13.6. The van der Waals surface area contributed by atoms with Gasteiger partial charge in [-0.2, -0.15) is 0 Å². The summed E-state index contributed by atoms with van der Waals surface area (Å²) in [4.78, 5) is 4.33. The number of benzene rings is 2. The van der Waals surface area contributed by atoms with Crippen LogP contribution in [-0.2, 0) is 6.54 Å². The lowest BCUT2D eigenvalue weighted by Gasteiger charge is -2.20. The molecule has 23 heavy (non-hydrogen) atoms. The van der Waals surface area contributed by atoms with Crippen molar-refractivity contribution in [1.82, 2.24) is 0 Å². The molecule has 0 aliphatic carbocycles. The summed E-state index contributed by atoms with van der Waals surface area (Å²) in [6.45, 7) is 3.47. The van der Waals surface area contributed by atoms with Gasteiger partial charge in [-0.1, -0.05) is 29.3 Å². The molecule has 0 atom stereocenters. The summed E-state index contributed by atoms with van der Waals surface area (Å²) in [7, 11) is 0. The Morgan fingerprint density at radius 1 is 1.22 bits per heavy atom. The Morgan fingerprint density at radius 3 is 2.74 bits per heavy atom. The molecule has 3 rings (SSSR count). The van der Waals surface area contributed by atoms with Crippen LogP contribution in [0.2, 0.25) is 5.02 Å². The second-order valence-electron chi connectivity index (χ2n) is 5.29. The maximum Gasteiger partial charge on any atom is 0.193 e. The average molecular weight is 332 g/mol. The number of fused-ring (bicyclic) bond motifs is 1. The highest BCUT2D eigenvalue weighted by atomic mass is 35.5. The first-order valence-electron chi connectivity index (χ1n) is 7.33. The Morgan fingerprint density at radius 2 is 1.96 bits per heavy atom. The van der Waals surface area contributed by atoms with E-state index in [1.54, 1.807) is 0 Å². The molecule has 0 bridgehead atoms. The van der Waals surface area contributed by atoms with Gasteiger partial charge in [-0.25, -0.2) is 4.99 Å². The van der Waals surface area contributed by atoms with Crippen LogP contribution in [0.1, 0.15) is 11.1 Å².